The van der Waals surface area contributed by atoms with Gasteiger partial charge in [-0.15, -0.1) is 0 Å². The van der Waals surface area contributed by atoms with Crippen molar-refractivity contribution in [3.63, 3.8) is 0 Å². The average Bonchev–Trinajstić information content (AvgIpc) is 2.66. The van der Waals surface area contributed by atoms with E-state index in [0.29, 0.717) is 12.0 Å². The van der Waals surface area contributed by atoms with Gasteiger partial charge in [0.15, 0.2) is 18.0 Å². The van der Waals surface area contributed by atoms with Gasteiger partial charge in [-0.1, -0.05) is 0 Å². The minimum Gasteiger partial charge on any atom is -0.493 e. The third-order valence-corrected chi connectivity index (χ3v) is 7.62. The first-order valence-electron chi connectivity index (χ1n) is 11.2. The zero-order chi connectivity index (χ0) is 20.6. The Morgan fingerprint density at radius 2 is 1.62 bits per heavy atom. The second-order valence-electron chi connectivity index (χ2n) is 10.1. The second-order valence-corrected chi connectivity index (χ2v) is 10.1. The van der Waals surface area contributed by atoms with Crippen molar-refractivity contribution in [1.82, 2.24) is 5.32 Å². The number of amides is 1. The zero-order valence-electron chi connectivity index (χ0n) is 18.5. The number of rotatable bonds is 8. The summed E-state index contributed by atoms with van der Waals surface area (Å²) in [4.78, 5) is 13.9. The van der Waals surface area contributed by atoms with Crippen LogP contribution in [0.1, 0.15) is 49.7 Å². The summed E-state index contributed by atoms with van der Waals surface area (Å²) in [6.45, 7) is 4.26. The fourth-order valence-electron chi connectivity index (χ4n) is 6.73. The normalized spacial score (nSPS) is 30.8. The minimum atomic E-state index is 0.177. The van der Waals surface area contributed by atoms with Crippen LogP contribution in [0, 0.1) is 30.1 Å². The van der Waals surface area contributed by atoms with Gasteiger partial charge in [0, 0.05) is 12.1 Å². The van der Waals surface area contributed by atoms with Crippen LogP contribution < -0.4 is 19.7 Å². The molecule has 0 heterocycles. The summed E-state index contributed by atoms with van der Waals surface area (Å²) in [6.07, 6.45) is 8.37. The molecule has 0 aliphatic heterocycles. The van der Waals surface area contributed by atoms with Crippen LogP contribution in [0.4, 0.5) is 0 Å². The maximum absolute atomic E-state index is 12.7. The van der Waals surface area contributed by atoms with Gasteiger partial charge in [-0.25, -0.2) is 0 Å². The summed E-state index contributed by atoms with van der Waals surface area (Å²) < 4.78 is 10.8. The van der Waals surface area contributed by atoms with Crippen molar-refractivity contribution < 1.29 is 19.2 Å². The maximum atomic E-state index is 12.7. The number of benzene rings is 1. The lowest BCUT2D eigenvalue weighted by Crippen LogP contribution is -3.09. The number of nitrogens with one attached hydrogen (secondary N) is 2. The molecule has 2 N–H and O–H groups in total. The van der Waals surface area contributed by atoms with Crippen molar-refractivity contribution in [2.45, 2.75) is 52.0 Å². The Labute approximate surface area is 175 Å². The highest BCUT2D eigenvalue weighted by atomic mass is 16.5. The van der Waals surface area contributed by atoms with Crippen molar-refractivity contribution in [3.05, 3.63) is 23.3 Å². The third kappa shape index (κ3) is 4.40. The number of carbonyl (C=O) groups excluding carboxylic acids is 1. The lowest BCUT2D eigenvalue weighted by Gasteiger charge is -2.56. The molecule has 5 heteroatoms. The fourth-order valence-corrected chi connectivity index (χ4v) is 6.73. The van der Waals surface area contributed by atoms with E-state index in [4.69, 9.17) is 9.47 Å². The summed E-state index contributed by atoms with van der Waals surface area (Å²) in [5.41, 5.74) is 2.75. The Balaban J connectivity index is 1.30. The van der Waals surface area contributed by atoms with Gasteiger partial charge in [-0.05, 0) is 86.3 Å². The van der Waals surface area contributed by atoms with E-state index >= 15 is 0 Å². The maximum Gasteiger partial charge on any atom is 0.275 e. The van der Waals surface area contributed by atoms with E-state index in [-0.39, 0.29) is 5.91 Å². The van der Waals surface area contributed by atoms with Gasteiger partial charge >= 0.3 is 0 Å². The van der Waals surface area contributed by atoms with Gasteiger partial charge in [0.05, 0.1) is 21.3 Å². The van der Waals surface area contributed by atoms with Gasteiger partial charge in [0.2, 0.25) is 0 Å². The van der Waals surface area contributed by atoms with E-state index in [1.54, 1.807) is 14.2 Å². The molecule has 4 bridgehead atoms. The number of ether oxygens (including phenoxy) is 2. The van der Waals surface area contributed by atoms with Crippen LogP contribution in [-0.4, -0.2) is 40.3 Å². The first-order chi connectivity index (χ1) is 13.9. The molecule has 4 aliphatic carbocycles. The van der Waals surface area contributed by atoms with Gasteiger partial charge in [0.1, 0.15) is 6.54 Å². The lowest BCUT2D eigenvalue weighted by molar-refractivity contribution is -0.885. The Morgan fingerprint density at radius 3 is 2.17 bits per heavy atom. The molecule has 5 nitrogen and oxygen atoms in total. The van der Waals surface area contributed by atoms with Crippen LogP contribution in [0.5, 0.6) is 11.5 Å². The van der Waals surface area contributed by atoms with E-state index in [1.807, 2.05) is 12.1 Å². The summed E-state index contributed by atoms with van der Waals surface area (Å²) in [5.74, 6) is 4.46. The van der Waals surface area contributed by atoms with Crippen LogP contribution in [-0.2, 0) is 11.3 Å². The van der Waals surface area contributed by atoms with E-state index in [1.165, 1.54) is 49.0 Å². The molecule has 4 saturated carbocycles. The molecule has 0 radical (unpaired) electrons. The largest absolute Gasteiger partial charge is 0.493 e. The molecule has 1 atom stereocenters. The first kappa shape index (κ1) is 20.5. The fraction of sp³-hybridized carbons (Fsp3) is 0.708. The Kier molecular flexibility index (Phi) is 5.78. The summed E-state index contributed by atoms with van der Waals surface area (Å²) >= 11 is 0. The van der Waals surface area contributed by atoms with Crippen molar-refractivity contribution >= 4 is 5.91 Å². The summed E-state index contributed by atoms with van der Waals surface area (Å²) in [7, 11) is 5.40. The van der Waals surface area contributed by atoms with E-state index < -0.39 is 0 Å². The van der Waals surface area contributed by atoms with Crippen molar-refractivity contribution in [2.75, 3.05) is 34.4 Å². The Morgan fingerprint density at radius 1 is 1.07 bits per heavy atom. The first-order valence-corrected chi connectivity index (χ1v) is 11.2. The Bertz CT molecular complexity index is 725. The molecule has 0 aromatic heterocycles. The number of carbonyl (C=O) groups is 1. The standard InChI is InChI=1S/C24H36N2O3/c1-16-5-21(28-3)22(29-4)9-20(16)13-26(2)14-23(27)25-15-24-10-17-6-18(11-24)8-19(7-17)12-24/h5,9,17-19H,6-8,10-15H2,1-4H3,(H,25,27)/p+1. The van der Waals surface area contributed by atoms with E-state index in [9.17, 15) is 4.79 Å². The predicted molar refractivity (Wildman–Crippen MR) is 113 cm³/mol. The molecule has 160 valence electrons. The molecule has 1 unspecified atom stereocenters. The molecular formula is C24H37N2O3+. The number of hydrogen-bond acceptors (Lipinski definition) is 3. The Hall–Kier alpha value is -1.75. The number of quaternary nitrogens is 1. The molecule has 29 heavy (non-hydrogen) atoms. The average molecular weight is 402 g/mol. The number of hydrogen-bond donors (Lipinski definition) is 2. The van der Waals surface area contributed by atoms with Gasteiger partial charge in [-0.3, -0.25) is 4.79 Å². The highest BCUT2D eigenvalue weighted by Crippen LogP contribution is 2.59. The monoisotopic (exact) mass is 401 g/mol. The molecular weight excluding hydrogens is 364 g/mol. The molecule has 4 aliphatic rings. The summed E-state index contributed by atoms with van der Waals surface area (Å²) in [5, 5.41) is 3.31. The highest BCUT2D eigenvalue weighted by molar-refractivity contribution is 5.76. The van der Waals surface area contributed by atoms with Crippen LogP contribution >= 0.6 is 0 Å². The lowest BCUT2D eigenvalue weighted by atomic mass is 9.49. The zero-order valence-corrected chi connectivity index (χ0v) is 18.5. The molecule has 1 aromatic rings. The molecule has 0 spiro atoms. The van der Waals surface area contributed by atoms with Crippen LogP contribution in [0.15, 0.2) is 12.1 Å². The molecule has 4 fully saturated rings. The summed E-state index contributed by atoms with van der Waals surface area (Å²) in [6, 6.07) is 4.04. The molecule has 0 saturated heterocycles. The van der Waals surface area contributed by atoms with Crippen LogP contribution in [0.25, 0.3) is 0 Å². The SMILES string of the molecule is COc1cc(C)c(C[NH+](C)CC(=O)NCC23CC4CC(CC(C4)C2)C3)cc1OC. The third-order valence-electron chi connectivity index (χ3n) is 7.62. The minimum absolute atomic E-state index is 0.177. The van der Waals surface area contributed by atoms with Crippen LogP contribution in [0.2, 0.25) is 0 Å². The highest BCUT2D eigenvalue weighted by Gasteiger charge is 2.50. The topological polar surface area (TPSA) is 52.0 Å². The number of aryl methyl sites for hydroxylation is 1. The molecule has 1 amide bonds. The van der Waals surface area contributed by atoms with Crippen molar-refractivity contribution in [3.8, 4) is 11.5 Å². The van der Waals surface area contributed by atoms with Gasteiger partial charge in [0.25, 0.3) is 5.91 Å². The van der Waals surface area contributed by atoms with Gasteiger partial charge in [-0.2, -0.15) is 0 Å². The van der Waals surface area contributed by atoms with Gasteiger partial charge < -0.3 is 19.7 Å². The van der Waals surface area contributed by atoms with E-state index in [2.05, 4.69) is 19.3 Å². The van der Waals surface area contributed by atoms with Crippen molar-refractivity contribution in [1.29, 1.82) is 0 Å². The second kappa shape index (κ2) is 8.17. The number of likely N-dealkylation sites (N-methyl/N-ethyl adjacent to an activating group) is 1. The quantitative estimate of drug-likeness (QED) is 0.703. The molecule has 5 rings (SSSR count). The number of methoxy groups -OCH3 is 2. The smallest absolute Gasteiger partial charge is 0.275 e. The van der Waals surface area contributed by atoms with Crippen LogP contribution in [0.3, 0.4) is 0 Å². The van der Waals surface area contributed by atoms with E-state index in [0.717, 1.165) is 47.9 Å². The molecule has 1 aromatic carbocycles. The predicted octanol–water partition coefficient (Wildman–Crippen LogP) is 2.36. The van der Waals surface area contributed by atoms with Crippen molar-refractivity contribution in [2.24, 2.45) is 23.2 Å².